The van der Waals surface area contributed by atoms with Crippen LogP contribution in [0.15, 0.2) is 30.6 Å². The van der Waals surface area contributed by atoms with E-state index in [1.165, 1.54) is 16.8 Å². The molecule has 2 N–H and O–H groups in total. The van der Waals surface area contributed by atoms with Crippen molar-refractivity contribution in [1.82, 2.24) is 20.1 Å². The number of H-pyrrole nitrogens is 1. The molecule has 130 valence electrons. The SMILES string of the molecule is Cn1ncc2c1CC(C(=O)NCCc1c[nH]c3ccc(Cl)cc13)CC2. The van der Waals surface area contributed by atoms with E-state index in [1.807, 2.05) is 42.3 Å². The first-order valence-corrected chi connectivity index (χ1v) is 9.02. The zero-order valence-corrected chi connectivity index (χ0v) is 14.9. The summed E-state index contributed by atoms with van der Waals surface area (Å²) >= 11 is 6.09. The monoisotopic (exact) mass is 356 g/mol. The molecule has 2 heterocycles. The average molecular weight is 357 g/mol. The molecule has 25 heavy (non-hydrogen) atoms. The van der Waals surface area contributed by atoms with Gasteiger partial charge in [0.25, 0.3) is 0 Å². The molecule has 0 saturated carbocycles. The Morgan fingerprint density at radius 1 is 1.48 bits per heavy atom. The van der Waals surface area contributed by atoms with Crippen molar-refractivity contribution >= 4 is 28.4 Å². The van der Waals surface area contributed by atoms with E-state index in [9.17, 15) is 4.79 Å². The average Bonchev–Trinajstić information content (AvgIpc) is 3.18. The van der Waals surface area contributed by atoms with Crippen molar-refractivity contribution in [3.8, 4) is 0 Å². The summed E-state index contributed by atoms with van der Waals surface area (Å²) < 4.78 is 1.89. The molecule has 0 radical (unpaired) electrons. The van der Waals surface area contributed by atoms with Crippen LogP contribution in [0.3, 0.4) is 0 Å². The predicted molar refractivity (Wildman–Crippen MR) is 98.7 cm³/mol. The molecule has 1 aromatic carbocycles. The normalized spacial score (nSPS) is 16.8. The highest BCUT2D eigenvalue weighted by Gasteiger charge is 2.26. The van der Waals surface area contributed by atoms with Gasteiger partial charge in [-0.15, -0.1) is 0 Å². The van der Waals surface area contributed by atoms with Crippen LogP contribution in [0.5, 0.6) is 0 Å². The molecular formula is C19H21ClN4O. The van der Waals surface area contributed by atoms with Gasteiger partial charge in [0.05, 0.1) is 6.20 Å². The number of nitrogens with one attached hydrogen (secondary N) is 2. The Balaban J connectivity index is 1.36. The first-order chi connectivity index (χ1) is 12.1. The number of aromatic nitrogens is 3. The van der Waals surface area contributed by atoms with Crippen LogP contribution in [0.25, 0.3) is 10.9 Å². The number of hydrogen-bond acceptors (Lipinski definition) is 2. The molecule has 1 amide bonds. The minimum atomic E-state index is 0.0420. The van der Waals surface area contributed by atoms with Crippen LogP contribution in [0.2, 0.25) is 5.02 Å². The highest BCUT2D eigenvalue weighted by molar-refractivity contribution is 6.31. The Bertz CT molecular complexity index is 927. The molecule has 0 fully saturated rings. The van der Waals surface area contributed by atoms with Gasteiger partial charge in [0.2, 0.25) is 5.91 Å². The van der Waals surface area contributed by atoms with E-state index in [4.69, 9.17) is 11.6 Å². The summed E-state index contributed by atoms with van der Waals surface area (Å²) in [7, 11) is 1.95. The molecule has 3 aromatic rings. The number of hydrogen-bond donors (Lipinski definition) is 2. The van der Waals surface area contributed by atoms with Crippen molar-refractivity contribution in [3.63, 3.8) is 0 Å². The highest BCUT2D eigenvalue weighted by Crippen LogP contribution is 2.25. The number of nitrogens with zero attached hydrogens (tertiary/aromatic N) is 2. The topological polar surface area (TPSA) is 62.7 Å². The third-order valence-corrected chi connectivity index (χ3v) is 5.38. The third kappa shape index (κ3) is 3.16. The number of carbonyl (C=O) groups excluding carboxylic acids is 1. The van der Waals surface area contributed by atoms with Gasteiger partial charge in [-0.1, -0.05) is 11.6 Å². The Morgan fingerprint density at radius 2 is 2.36 bits per heavy atom. The van der Waals surface area contributed by atoms with Crippen LogP contribution in [-0.4, -0.2) is 27.2 Å². The van der Waals surface area contributed by atoms with E-state index < -0.39 is 0 Å². The molecule has 1 aliphatic carbocycles. The number of aromatic amines is 1. The van der Waals surface area contributed by atoms with Crippen molar-refractivity contribution < 1.29 is 4.79 Å². The van der Waals surface area contributed by atoms with Crippen LogP contribution in [0.4, 0.5) is 0 Å². The molecule has 0 aliphatic heterocycles. The number of fused-ring (bicyclic) bond motifs is 2. The molecule has 1 atom stereocenters. The van der Waals surface area contributed by atoms with E-state index in [0.717, 1.165) is 41.6 Å². The summed E-state index contributed by atoms with van der Waals surface area (Å²) in [6.45, 7) is 0.632. The maximum Gasteiger partial charge on any atom is 0.223 e. The first kappa shape index (κ1) is 16.2. The largest absolute Gasteiger partial charge is 0.361 e. The third-order valence-electron chi connectivity index (χ3n) is 5.14. The fraction of sp³-hybridized carbons (Fsp3) is 0.368. The van der Waals surface area contributed by atoms with Gasteiger partial charge in [0.1, 0.15) is 0 Å². The summed E-state index contributed by atoms with van der Waals surface area (Å²) in [5.74, 6) is 0.185. The standard InChI is InChI=1S/C19H21ClN4O/c1-24-18-8-12(2-3-14(18)11-23-24)19(25)21-7-6-13-10-22-17-5-4-15(20)9-16(13)17/h4-5,9-12,22H,2-3,6-8H2,1H3,(H,21,25). The van der Waals surface area contributed by atoms with Gasteiger partial charge < -0.3 is 10.3 Å². The summed E-state index contributed by atoms with van der Waals surface area (Å²) in [6, 6.07) is 5.82. The van der Waals surface area contributed by atoms with Crippen LogP contribution >= 0.6 is 11.6 Å². The van der Waals surface area contributed by atoms with E-state index in [0.29, 0.717) is 6.54 Å². The molecule has 4 rings (SSSR count). The number of halogens is 1. The summed E-state index contributed by atoms with van der Waals surface area (Å²) in [6.07, 6.45) is 7.31. The quantitative estimate of drug-likeness (QED) is 0.754. The Morgan fingerprint density at radius 3 is 3.24 bits per heavy atom. The molecule has 2 aromatic heterocycles. The van der Waals surface area contributed by atoms with Crippen LogP contribution in [0, 0.1) is 5.92 Å². The summed E-state index contributed by atoms with van der Waals surface area (Å²) in [4.78, 5) is 15.8. The molecular weight excluding hydrogens is 336 g/mol. The minimum Gasteiger partial charge on any atom is -0.361 e. The number of aryl methyl sites for hydroxylation is 2. The van der Waals surface area contributed by atoms with Gasteiger partial charge in [-0.25, -0.2) is 0 Å². The number of rotatable bonds is 4. The van der Waals surface area contributed by atoms with Crippen molar-refractivity contribution in [2.75, 3.05) is 6.54 Å². The van der Waals surface area contributed by atoms with E-state index >= 15 is 0 Å². The van der Waals surface area contributed by atoms with Crippen molar-refractivity contribution in [2.24, 2.45) is 13.0 Å². The summed E-state index contributed by atoms with van der Waals surface area (Å²) in [5, 5.41) is 9.24. The number of benzene rings is 1. The fourth-order valence-corrected chi connectivity index (χ4v) is 3.86. The van der Waals surface area contributed by atoms with Gasteiger partial charge in [-0.3, -0.25) is 9.48 Å². The zero-order valence-electron chi connectivity index (χ0n) is 14.2. The van der Waals surface area contributed by atoms with E-state index in [2.05, 4.69) is 15.4 Å². The van der Waals surface area contributed by atoms with Crippen LogP contribution in [-0.2, 0) is 31.1 Å². The van der Waals surface area contributed by atoms with Gasteiger partial charge in [-0.2, -0.15) is 5.10 Å². The second kappa shape index (κ2) is 6.56. The Hall–Kier alpha value is -2.27. The van der Waals surface area contributed by atoms with Gasteiger partial charge in [0, 0.05) is 53.7 Å². The lowest BCUT2D eigenvalue weighted by Crippen LogP contribution is -2.35. The zero-order chi connectivity index (χ0) is 17.4. The minimum absolute atomic E-state index is 0.0420. The highest BCUT2D eigenvalue weighted by atomic mass is 35.5. The predicted octanol–water partition coefficient (Wildman–Crippen LogP) is 3.02. The lowest BCUT2D eigenvalue weighted by molar-refractivity contribution is -0.125. The lowest BCUT2D eigenvalue weighted by atomic mass is 9.87. The van der Waals surface area contributed by atoms with Gasteiger partial charge in [0.15, 0.2) is 0 Å². The summed E-state index contributed by atoms with van der Waals surface area (Å²) in [5.41, 5.74) is 4.72. The molecule has 5 nitrogen and oxygen atoms in total. The second-order valence-electron chi connectivity index (χ2n) is 6.72. The molecule has 0 bridgehead atoms. The second-order valence-corrected chi connectivity index (χ2v) is 7.16. The Kier molecular flexibility index (Phi) is 4.25. The van der Waals surface area contributed by atoms with Crippen molar-refractivity contribution in [1.29, 1.82) is 0 Å². The molecule has 1 aliphatic rings. The maximum atomic E-state index is 12.5. The molecule has 1 unspecified atom stereocenters. The van der Waals surface area contributed by atoms with Crippen LogP contribution in [0.1, 0.15) is 23.2 Å². The van der Waals surface area contributed by atoms with Crippen molar-refractivity contribution in [2.45, 2.75) is 25.7 Å². The van der Waals surface area contributed by atoms with E-state index in [-0.39, 0.29) is 11.8 Å². The van der Waals surface area contributed by atoms with E-state index in [1.54, 1.807) is 0 Å². The molecule has 0 spiro atoms. The van der Waals surface area contributed by atoms with Crippen molar-refractivity contribution in [3.05, 3.63) is 52.4 Å². The van der Waals surface area contributed by atoms with Gasteiger partial charge in [-0.05, 0) is 48.6 Å². The first-order valence-electron chi connectivity index (χ1n) is 8.65. The number of amides is 1. The molecule has 6 heteroatoms. The van der Waals surface area contributed by atoms with Crippen LogP contribution < -0.4 is 5.32 Å². The Labute approximate surface area is 151 Å². The van der Waals surface area contributed by atoms with Gasteiger partial charge >= 0.3 is 0 Å². The molecule has 0 saturated heterocycles. The fourth-order valence-electron chi connectivity index (χ4n) is 3.69. The maximum absolute atomic E-state index is 12.5. The number of carbonyl (C=O) groups is 1. The smallest absolute Gasteiger partial charge is 0.223 e. The lowest BCUT2D eigenvalue weighted by Gasteiger charge is -2.22.